The Kier molecular flexibility index (Phi) is 3.31. The molecule has 84 valence electrons. The van der Waals surface area contributed by atoms with E-state index < -0.39 is 5.60 Å². The van der Waals surface area contributed by atoms with Crippen molar-refractivity contribution in [1.29, 1.82) is 0 Å². The van der Waals surface area contributed by atoms with Gasteiger partial charge in [0.25, 0.3) is 0 Å². The largest absolute Gasteiger partial charge is 0.378 e. The van der Waals surface area contributed by atoms with Crippen molar-refractivity contribution in [3.8, 4) is 11.8 Å². The molecule has 0 amide bonds. The van der Waals surface area contributed by atoms with Crippen LogP contribution in [0.5, 0.6) is 0 Å². The molecule has 1 aliphatic rings. The number of aryl methyl sites for hydroxylation is 1. The molecule has 0 spiro atoms. The zero-order chi connectivity index (χ0) is 11.4. The van der Waals surface area contributed by atoms with Crippen molar-refractivity contribution >= 4 is 0 Å². The van der Waals surface area contributed by atoms with E-state index in [1.165, 1.54) is 12.0 Å². The molecule has 0 bridgehead atoms. The molecule has 1 aromatic carbocycles. The van der Waals surface area contributed by atoms with E-state index in [0.717, 1.165) is 31.2 Å². The van der Waals surface area contributed by atoms with Gasteiger partial charge in [0.2, 0.25) is 0 Å². The Bertz CT molecular complexity index is 399. The van der Waals surface area contributed by atoms with Crippen molar-refractivity contribution in [2.75, 3.05) is 0 Å². The van der Waals surface area contributed by atoms with Gasteiger partial charge in [-0.1, -0.05) is 36.0 Å². The van der Waals surface area contributed by atoms with Gasteiger partial charge in [0.1, 0.15) is 5.60 Å². The molecule has 1 aromatic rings. The summed E-state index contributed by atoms with van der Waals surface area (Å²) in [5, 5.41) is 10.2. The van der Waals surface area contributed by atoms with Crippen LogP contribution in [-0.2, 0) is 0 Å². The maximum absolute atomic E-state index is 10.2. The summed E-state index contributed by atoms with van der Waals surface area (Å²) in [6.45, 7) is 2.06. The second-order valence-corrected chi connectivity index (χ2v) is 4.71. The quantitative estimate of drug-likeness (QED) is 0.658. The smallest absolute Gasteiger partial charge is 0.125 e. The predicted octanol–water partition coefficient (Wildman–Crippen LogP) is 3.04. The van der Waals surface area contributed by atoms with Crippen molar-refractivity contribution in [1.82, 2.24) is 0 Å². The minimum Gasteiger partial charge on any atom is -0.378 e. The molecule has 1 nitrogen and oxygen atoms in total. The van der Waals surface area contributed by atoms with Crippen molar-refractivity contribution < 1.29 is 5.11 Å². The van der Waals surface area contributed by atoms with Gasteiger partial charge in [0.05, 0.1) is 0 Å². The maximum Gasteiger partial charge on any atom is 0.125 e. The van der Waals surface area contributed by atoms with Gasteiger partial charge in [-0.15, -0.1) is 0 Å². The Hall–Kier alpha value is -1.26. The second-order valence-electron chi connectivity index (χ2n) is 4.71. The molecule has 0 radical (unpaired) electrons. The van der Waals surface area contributed by atoms with E-state index in [4.69, 9.17) is 0 Å². The van der Waals surface area contributed by atoms with E-state index in [-0.39, 0.29) is 0 Å². The Morgan fingerprint density at radius 2 is 1.69 bits per heavy atom. The molecule has 1 fully saturated rings. The van der Waals surface area contributed by atoms with Crippen LogP contribution in [0.3, 0.4) is 0 Å². The van der Waals surface area contributed by atoms with Gasteiger partial charge in [-0.25, -0.2) is 0 Å². The summed E-state index contributed by atoms with van der Waals surface area (Å²) in [5.41, 5.74) is 1.50. The fourth-order valence-corrected chi connectivity index (χ4v) is 2.09. The average molecular weight is 214 g/mol. The third-order valence-electron chi connectivity index (χ3n) is 3.17. The third-order valence-corrected chi connectivity index (χ3v) is 3.17. The maximum atomic E-state index is 10.2. The fourth-order valence-electron chi connectivity index (χ4n) is 2.09. The summed E-state index contributed by atoms with van der Waals surface area (Å²) in [7, 11) is 0. The van der Waals surface area contributed by atoms with Crippen LogP contribution in [0.2, 0.25) is 0 Å². The Labute approximate surface area is 97.5 Å². The molecule has 1 aliphatic carbocycles. The lowest BCUT2D eigenvalue weighted by molar-refractivity contribution is 0.0610. The van der Waals surface area contributed by atoms with E-state index in [1.807, 2.05) is 12.1 Å². The Morgan fingerprint density at radius 3 is 2.31 bits per heavy atom. The summed E-state index contributed by atoms with van der Waals surface area (Å²) in [5.74, 6) is 6.12. The first kappa shape index (κ1) is 11.2. The SMILES string of the molecule is Cc1ccc(C#CC2(O)CCCCC2)cc1. The number of hydrogen-bond acceptors (Lipinski definition) is 1. The standard InChI is InChI=1S/C15H18O/c1-13-5-7-14(8-6-13)9-12-15(16)10-3-2-4-11-15/h5-8,16H,2-4,10-11H2,1H3. The fraction of sp³-hybridized carbons (Fsp3) is 0.467. The Morgan fingerprint density at radius 1 is 1.06 bits per heavy atom. The van der Waals surface area contributed by atoms with Crippen LogP contribution < -0.4 is 0 Å². The van der Waals surface area contributed by atoms with Crippen molar-refractivity contribution in [2.45, 2.75) is 44.6 Å². The van der Waals surface area contributed by atoms with Gasteiger partial charge in [-0.2, -0.15) is 0 Å². The highest BCUT2D eigenvalue weighted by Gasteiger charge is 2.26. The van der Waals surface area contributed by atoms with Gasteiger partial charge in [0.15, 0.2) is 0 Å². The van der Waals surface area contributed by atoms with Crippen molar-refractivity contribution in [3.63, 3.8) is 0 Å². The first-order valence-electron chi connectivity index (χ1n) is 6.00. The predicted molar refractivity (Wildman–Crippen MR) is 66.1 cm³/mol. The lowest BCUT2D eigenvalue weighted by Gasteiger charge is -2.26. The van der Waals surface area contributed by atoms with Gasteiger partial charge in [-0.05, 0) is 44.7 Å². The van der Waals surface area contributed by atoms with Crippen molar-refractivity contribution in [2.24, 2.45) is 0 Å². The molecule has 0 unspecified atom stereocenters. The van der Waals surface area contributed by atoms with Crippen LogP contribution in [0, 0.1) is 18.8 Å². The summed E-state index contributed by atoms with van der Waals surface area (Å²) in [6.07, 6.45) is 5.07. The van der Waals surface area contributed by atoms with Gasteiger partial charge >= 0.3 is 0 Å². The second kappa shape index (κ2) is 4.72. The van der Waals surface area contributed by atoms with Gasteiger partial charge in [0, 0.05) is 5.56 Å². The van der Waals surface area contributed by atoms with Gasteiger partial charge < -0.3 is 5.11 Å². The number of benzene rings is 1. The molecule has 0 aromatic heterocycles. The normalized spacial score (nSPS) is 18.6. The molecular formula is C15H18O. The number of rotatable bonds is 0. The highest BCUT2D eigenvalue weighted by molar-refractivity contribution is 5.37. The lowest BCUT2D eigenvalue weighted by atomic mass is 9.85. The van der Waals surface area contributed by atoms with Crippen LogP contribution in [0.25, 0.3) is 0 Å². The third kappa shape index (κ3) is 2.87. The molecule has 16 heavy (non-hydrogen) atoms. The van der Waals surface area contributed by atoms with Crippen molar-refractivity contribution in [3.05, 3.63) is 35.4 Å². The monoisotopic (exact) mass is 214 g/mol. The zero-order valence-corrected chi connectivity index (χ0v) is 9.79. The molecule has 0 heterocycles. The van der Waals surface area contributed by atoms with Gasteiger partial charge in [-0.3, -0.25) is 0 Å². The summed E-state index contributed by atoms with van der Waals surface area (Å²) in [4.78, 5) is 0. The van der Waals surface area contributed by atoms with E-state index in [0.29, 0.717) is 0 Å². The van der Waals surface area contributed by atoms with Crippen LogP contribution in [-0.4, -0.2) is 10.7 Å². The van der Waals surface area contributed by atoms with Crippen LogP contribution >= 0.6 is 0 Å². The first-order chi connectivity index (χ1) is 7.68. The molecule has 1 saturated carbocycles. The minimum atomic E-state index is -0.733. The molecule has 2 rings (SSSR count). The van der Waals surface area contributed by atoms with Crippen LogP contribution in [0.4, 0.5) is 0 Å². The zero-order valence-electron chi connectivity index (χ0n) is 9.79. The minimum absolute atomic E-state index is 0.733. The van der Waals surface area contributed by atoms with Crippen LogP contribution in [0.15, 0.2) is 24.3 Å². The topological polar surface area (TPSA) is 20.2 Å². The van der Waals surface area contributed by atoms with E-state index >= 15 is 0 Å². The van der Waals surface area contributed by atoms with Crippen LogP contribution in [0.1, 0.15) is 43.2 Å². The first-order valence-corrected chi connectivity index (χ1v) is 6.00. The lowest BCUT2D eigenvalue weighted by Crippen LogP contribution is -2.29. The molecular weight excluding hydrogens is 196 g/mol. The Balaban J connectivity index is 2.11. The highest BCUT2D eigenvalue weighted by atomic mass is 16.3. The number of hydrogen-bond donors (Lipinski definition) is 1. The summed E-state index contributed by atoms with van der Waals surface area (Å²) >= 11 is 0. The summed E-state index contributed by atoms with van der Waals surface area (Å²) in [6, 6.07) is 8.12. The highest BCUT2D eigenvalue weighted by Crippen LogP contribution is 2.27. The molecule has 1 N–H and O–H groups in total. The van der Waals surface area contributed by atoms with E-state index in [9.17, 15) is 5.11 Å². The molecule has 0 atom stereocenters. The molecule has 0 saturated heterocycles. The average Bonchev–Trinajstić information content (AvgIpc) is 2.29. The number of aliphatic hydroxyl groups is 1. The molecule has 0 aliphatic heterocycles. The van der Waals surface area contributed by atoms with E-state index in [2.05, 4.69) is 30.9 Å². The van der Waals surface area contributed by atoms with E-state index in [1.54, 1.807) is 0 Å². The molecule has 1 heteroatoms. The summed E-state index contributed by atoms with van der Waals surface area (Å²) < 4.78 is 0.